The van der Waals surface area contributed by atoms with Crippen LogP contribution in [0.2, 0.25) is 0 Å². The van der Waals surface area contributed by atoms with E-state index in [0.717, 1.165) is 23.4 Å². The highest BCUT2D eigenvalue weighted by Gasteiger charge is 2.15. The summed E-state index contributed by atoms with van der Waals surface area (Å²) in [5.41, 5.74) is 5.57. The molecule has 0 bridgehead atoms. The number of carbonyl (C=O) groups excluding carboxylic acids is 1. The normalized spacial score (nSPS) is 11.2. The average Bonchev–Trinajstić information content (AvgIpc) is 3.01. The van der Waals surface area contributed by atoms with Gasteiger partial charge >= 0.3 is 0 Å². The summed E-state index contributed by atoms with van der Waals surface area (Å²) in [6.07, 6.45) is 1.37. The van der Waals surface area contributed by atoms with Crippen molar-refractivity contribution in [3.05, 3.63) is 63.5 Å². The molecule has 0 saturated carbocycles. The van der Waals surface area contributed by atoms with Crippen LogP contribution in [0.1, 0.15) is 28.7 Å². The van der Waals surface area contributed by atoms with Crippen molar-refractivity contribution in [3.8, 4) is 0 Å². The van der Waals surface area contributed by atoms with E-state index < -0.39 is 4.92 Å². The zero-order valence-electron chi connectivity index (χ0n) is 16.7. The summed E-state index contributed by atoms with van der Waals surface area (Å²) in [5, 5.41) is 15.2. The second-order valence-corrected chi connectivity index (χ2v) is 6.71. The Morgan fingerprint density at radius 3 is 2.72 bits per heavy atom. The van der Waals surface area contributed by atoms with E-state index >= 15 is 0 Å². The van der Waals surface area contributed by atoms with Crippen molar-refractivity contribution in [2.24, 2.45) is 5.10 Å². The number of hydrogen-bond donors (Lipinski definition) is 1. The molecule has 2 aromatic carbocycles. The molecule has 0 saturated heterocycles. The van der Waals surface area contributed by atoms with Gasteiger partial charge in [-0.1, -0.05) is 6.07 Å². The van der Waals surface area contributed by atoms with E-state index in [0.29, 0.717) is 16.8 Å². The van der Waals surface area contributed by atoms with E-state index in [1.165, 1.54) is 12.3 Å². The summed E-state index contributed by atoms with van der Waals surface area (Å²) < 4.78 is 2.07. The van der Waals surface area contributed by atoms with Gasteiger partial charge in [0.2, 0.25) is 0 Å². The van der Waals surface area contributed by atoms with Gasteiger partial charge in [-0.2, -0.15) is 5.10 Å². The molecule has 9 nitrogen and oxygen atoms in total. The van der Waals surface area contributed by atoms with Crippen LogP contribution in [0.25, 0.3) is 11.0 Å². The Morgan fingerprint density at radius 2 is 2.07 bits per heavy atom. The fraction of sp³-hybridized carbons (Fsp3) is 0.250. The van der Waals surface area contributed by atoms with Crippen LogP contribution in [-0.2, 0) is 6.54 Å². The lowest BCUT2D eigenvalue weighted by molar-refractivity contribution is -0.384. The number of hydrazone groups is 1. The highest BCUT2D eigenvalue weighted by Crippen LogP contribution is 2.27. The lowest BCUT2D eigenvalue weighted by Gasteiger charge is -2.12. The molecule has 1 heterocycles. The van der Waals surface area contributed by atoms with Gasteiger partial charge in [-0.05, 0) is 38.1 Å². The number of nitrogens with one attached hydrogen (secondary N) is 1. The van der Waals surface area contributed by atoms with Crippen LogP contribution in [0.3, 0.4) is 0 Å². The number of aromatic nitrogens is 2. The minimum absolute atomic E-state index is 0.0300. The van der Waals surface area contributed by atoms with E-state index in [2.05, 4.69) is 20.1 Å². The molecule has 0 spiro atoms. The number of benzene rings is 2. The molecule has 1 aromatic heterocycles. The van der Waals surface area contributed by atoms with Crippen molar-refractivity contribution >= 4 is 34.5 Å². The van der Waals surface area contributed by atoms with Gasteiger partial charge in [0, 0.05) is 37.8 Å². The first-order chi connectivity index (χ1) is 13.8. The smallest absolute Gasteiger partial charge is 0.293 e. The summed E-state index contributed by atoms with van der Waals surface area (Å²) in [6.45, 7) is 4.77. The van der Waals surface area contributed by atoms with Gasteiger partial charge < -0.3 is 9.47 Å². The Morgan fingerprint density at radius 1 is 1.31 bits per heavy atom. The fourth-order valence-corrected chi connectivity index (χ4v) is 3.17. The second kappa shape index (κ2) is 8.09. The van der Waals surface area contributed by atoms with Crippen LogP contribution in [0.4, 0.5) is 11.4 Å². The summed E-state index contributed by atoms with van der Waals surface area (Å²) in [7, 11) is 3.47. The maximum absolute atomic E-state index is 12.4. The minimum Gasteiger partial charge on any atom is -0.372 e. The molecule has 0 fully saturated rings. The van der Waals surface area contributed by atoms with E-state index in [-0.39, 0.29) is 11.6 Å². The van der Waals surface area contributed by atoms with Crippen LogP contribution < -0.4 is 10.3 Å². The molecule has 3 rings (SSSR count). The van der Waals surface area contributed by atoms with Gasteiger partial charge in [-0.15, -0.1) is 0 Å². The van der Waals surface area contributed by atoms with Gasteiger partial charge in [0.1, 0.15) is 11.5 Å². The van der Waals surface area contributed by atoms with Crippen molar-refractivity contribution in [1.29, 1.82) is 0 Å². The Kier molecular flexibility index (Phi) is 5.58. The molecule has 9 heteroatoms. The minimum atomic E-state index is -0.447. The lowest BCUT2D eigenvalue weighted by Crippen LogP contribution is -2.17. The third kappa shape index (κ3) is 4.08. The zero-order valence-corrected chi connectivity index (χ0v) is 16.7. The Hall–Kier alpha value is -3.75. The molecule has 0 aliphatic heterocycles. The molecule has 0 atom stereocenters. The molecular formula is C20H22N6O3. The van der Waals surface area contributed by atoms with E-state index in [9.17, 15) is 14.9 Å². The van der Waals surface area contributed by atoms with Crippen LogP contribution in [0.5, 0.6) is 0 Å². The molecule has 1 amide bonds. The fourth-order valence-electron chi connectivity index (χ4n) is 3.17. The first-order valence-electron chi connectivity index (χ1n) is 9.08. The maximum atomic E-state index is 12.4. The number of nitro benzene ring substituents is 1. The molecule has 0 radical (unpaired) electrons. The number of aryl methyl sites for hydroxylation is 2. The Bertz CT molecular complexity index is 1120. The van der Waals surface area contributed by atoms with E-state index in [4.69, 9.17) is 0 Å². The van der Waals surface area contributed by atoms with Gasteiger partial charge in [-0.3, -0.25) is 14.9 Å². The molecule has 3 aromatic rings. The first-order valence-corrected chi connectivity index (χ1v) is 9.08. The predicted octanol–water partition coefficient (Wildman–Crippen LogP) is 3.10. The molecular weight excluding hydrogens is 372 g/mol. The second-order valence-electron chi connectivity index (χ2n) is 6.71. The molecule has 0 unspecified atom stereocenters. The number of amides is 1. The lowest BCUT2D eigenvalue weighted by atomic mass is 10.2. The van der Waals surface area contributed by atoms with E-state index in [1.54, 1.807) is 43.3 Å². The highest BCUT2D eigenvalue weighted by molar-refractivity contribution is 5.98. The van der Waals surface area contributed by atoms with Gasteiger partial charge in [0.15, 0.2) is 0 Å². The first kappa shape index (κ1) is 20.0. The predicted molar refractivity (Wildman–Crippen MR) is 113 cm³/mol. The highest BCUT2D eigenvalue weighted by atomic mass is 16.6. The summed E-state index contributed by atoms with van der Waals surface area (Å²) in [6, 6.07) is 10.1. The van der Waals surface area contributed by atoms with Crippen LogP contribution in [-0.4, -0.2) is 40.7 Å². The number of carbonyl (C=O) groups is 1. The number of nitro groups is 1. The van der Waals surface area contributed by atoms with Crippen LogP contribution in [0, 0.1) is 17.0 Å². The Balaban J connectivity index is 1.76. The number of anilines is 1. The number of rotatable bonds is 6. The third-order valence-corrected chi connectivity index (χ3v) is 4.58. The maximum Gasteiger partial charge on any atom is 0.293 e. The third-order valence-electron chi connectivity index (χ3n) is 4.58. The number of imidazole rings is 1. The average molecular weight is 394 g/mol. The Labute approximate surface area is 167 Å². The molecule has 29 heavy (non-hydrogen) atoms. The monoisotopic (exact) mass is 394 g/mol. The SMILES string of the molecule is CCn1c(C)nc2cc(C(=O)N/N=C\c3ccc(N(C)C)c([N+](=O)[O-])c3)ccc21. The van der Waals surface area contributed by atoms with E-state index in [1.807, 2.05) is 19.9 Å². The molecule has 0 aliphatic carbocycles. The molecule has 1 N–H and O–H groups in total. The summed E-state index contributed by atoms with van der Waals surface area (Å²) in [4.78, 5) is 29.3. The number of fused-ring (bicyclic) bond motifs is 1. The number of hydrogen-bond acceptors (Lipinski definition) is 6. The van der Waals surface area contributed by atoms with Crippen molar-refractivity contribution in [1.82, 2.24) is 15.0 Å². The van der Waals surface area contributed by atoms with Crippen molar-refractivity contribution < 1.29 is 9.72 Å². The van der Waals surface area contributed by atoms with Crippen molar-refractivity contribution in [3.63, 3.8) is 0 Å². The van der Waals surface area contributed by atoms with Crippen LogP contribution in [0.15, 0.2) is 41.5 Å². The number of nitrogens with zero attached hydrogens (tertiary/aromatic N) is 5. The standard InChI is InChI=1S/C20H22N6O3/c1-5-25-13(2)22-16-11-15(7-9-17(16)25)20(27)23-21-12-14-6-8-18(24(3)4)19(10-14)26(28)29/h6-12H,5H2,1-4H3,(H,23,27)/b21-12-. The van der Waals surface area contributed by atoms with Gasteiger partial charge in [-0.25, -0.2) is 10.4 Å². The van der Waals surface area contributed by atoms with Gasteiger partial charge in [0.05, 0.1) is 22.2 Å². The van der Waals surface area contributed by atoms with Crippen molar-refractivity contribution in [2.45, 2.75) is 20.4 Å². The summed E-state index contributed by atoms with van der Waals surface area (Å²) in [5.74, 6) is 0.507. The van der Waals surface area contributed by atoms with Gasteiger partial charge in [0.25, 0.3) is 11.6 Å². The molecule has 0 aliphatic rings. The quantitative estimate of drug-likeness (QED) is 0.393. The largest absolute Gasteiger partial charge is 0.372 e. The summed E-state index contributed by atoms with van der Waals surface area (Å²) >= 11 is 0. The zero-order chi connectivity index (χ0) is 21.1. The van der Waals surface area contributed by atoms with Crippen molar-refractivity contribution in [2.75, 3.05) is 19.0 Å². The van der Waals surface area contributed by atoms with Crippen LogP contribution >= 0.6 is 0 Å². The topological polar surface area (TPSA) is 106 Å². The molecule has 150 valence electrons.